The number of rotatable bonds is 3. The fourth-order valence-corrected chi connectivity index (χ4v) is 4.67. The molecule has 25 heavy (non-hydrogen) atoms. The molecule has 1 aliphatic carbocycles. The molecule has 1 amide bonds. The highest BCUT2D eigenvalue weighted by Gasteiger charge is 2.62. The Hall–Kier alpha value is -2.48. The minimum absolute atomic E-state index is 0.0224. The van der Waals surface area contributed by atoms with Gasteiger partial charge in [0.05, 0.1) is 11.8 Å². The molecule has 2 aromatic rings. The van der Waals surface area contributed by atoms with E-state index >= 15 is 0 Å². The minimum Gasteiger partial charge on any atom is -0.380 e. The van der Waals surface area contributed by atoms with Gasteiger partial charge in [0, 0.05) is 36.6 Å². The van der Waals surface area contributed by atoms with Crippen LogP contribution in [0, 0.1) is 11.3 Å². The van der Waals surface area contributed by atoms with E-state index < -0.39 is 5.69 Å². The smallest absolute Gasteiger partial charge is 0.365 e. The van der Waals surface area contributed by atoms with Crippen molar-refractivity contribution in [2.45, 2.75) is 32.4 Å². The number of likely N-dealkylation sites (tertiary alicyclic amines) is 1. The number of carbonyl (C=O) groups is 1. The normalized spacial score (nSPS) is 27.0. The molecule has 132 valence electrons. The van der Waals surface area contributed by atoms with E-state index in [4.69, 9.17) is 4.74 Å². The molecule has 2 heterocycles. The van der Waals surface area contributed by atoms with Gasteiger partial charge in [0.2, 0.25) is 0 Å². The number of benzene rings is 1. The maximum absolute atomic E-state index is 13.0. The molecule has 4 rings (SSSR count). The van der Waals surface area contributed by atoms with E-state index in [1.165, 1.54) is 0 Å². The minimum atomic E-state index is -0.414. The quantitative estimate of drug-likeness (QED) is 0.891. The SMILES string of the molecule is COC1[C@@H]2CCN(C(=O)c3ccc(-n4nn[nH]c4=O)cc3)[C@@H]2C1(C)C. The summed E-state index contributed by atoms with van der Waals surface area (Å²) >= 11 is 0. The number of nitrogens with one attached hydrogen (secondary N) is 1. The molecular formula is C17H21N5O3. The van der Waals surface area contributed by atoms with Gasteiger partial charge >= 0.3 is 5.69 Å². The van der Waals surface area contributed by atoms with Gasteiger partial charge in [-0.3, -0.25) is 4.79 Å². The van der Waals surface area contributed by atoms with Crippen molar-refractivity contribution in [3.63, 3.8) is 0 Å². The fourth-order valence-electron chi connectivity index (χ4n) is 4.67. The number of hydrogen-bond acceptors (Lipinski definition) is 5. The third-order valence-corrected chi connectivity index (χ3v) is 5.67. The van der Waals surface area contributed by atoms with Crippen LogP contribution in [0.1, 0.15) is 30.6 Å². The Morgan fingerprint density at radius 2 is 2.04 bits per heavy atom. The number of H-pyrrole nitrogens is 1. The van der Waals surface area contributed by atoms with Crippen LogP contribution in [-0.2, 0) is 4.74 Å². The molecule has 1 aliphatic heterocycles. The zero-order valence-electron chi connectivity index (χ0n) is 14.5. The number of nitrogens with zero attached hydrogens (tertiary/aromatic N) is 4. The van der Waals surface area contributed by atoms with E-state index in [-0.39, 0.29) is 23.5 Å². The van der Waals surface area contributed by atoms with E-state index in [9.17, 15) is 9.59 Å². The van der Waals surface area contributed by atoms with Crippen molar-refractivity contribution in [1.29, 1.82) is 0 Å². The maximum atomic E-state index is 13.0. The predicted molar refractivity (Wildman–Crippen MR) is 89.5 cm³/mol. The second kappa shape index (κ2) is 5.52. The van der Waals surface area contributed by atoms with E-state index in [1.807, 2.05) is 4.90 Å². The molecular weight excluding hydrogens is 322 g/mol. The van der Waals surface area contributed by atoms with E-state index in [1.54, 1.807) is 31.4 Å². The van der Waals surface area contributed by atoms with Gasteiger partial charge in [-0.15, -0.1) is 0 Å². The summed E-state index contributed by atoms with van der Waals surface area (Å²) in [5, 5.41) is 9.40. The van der Waals surface area contributed by atoms with Crippen LogP contribution in [0.15, 0.2) is 29.1 Å². The van der Waals surface area contributed by atoms with Crippen LogP contribution in [0.3, 0.4) is 0 Å². The lowest BCUT2D eigenvalue weighted by molar-refractivity contribution is -0.154. The van der Waals surface area contributed by atoms with Crippen molar-refractivity contribution in [2.75, 3.05) is 13.7 Å². The van der Waals surface area contributed by atoms with Crippen molar-refractivity contribution in [3.8, 4) is 5.69 Å². The predicted octanol–water partition coefficient (Wildman–Crippen LogP) is 0.841. The number of aromatic amines is 1. The molecule has 1 aromatic carbocycles. The standard InChI is InChI=1S/C17H21N5O3/c1-17(2)13-12(14(17)25-3)8-9-21(13)15(23)10-4-6-11(7-5-10)22-16(24)18-19-20-22/h4-7,12-14H,8-9H2,1-3H3,(H,18,20,24)/t12-,13+,14?/m1/s1. The van der Waals surface area contributed by atoms with Gasteiger partial charge in [-0.1, -0.05) is 13.8 Å². The second-order valence-electron chi connectivity index (χ2n) is 7.34. The van der Waals surface area contributed by atoms with Crippen LogP contribution >= 0.6 is 0 Å². The summed E-state index contributed by atoms with van der Waals surface area (Å²) in [5.41, 5.74) is 0.721. The topological polar surface area (TPSA) is 93.1 Å². The summed E-state index contributed by atoms with van der Waals surface area (Å²) in [7, 11) is 1.75. The summed E-state index contributed by atoms with van der Waals surface area (Å²) in [6.07, 6.45) is 1.18. The molecule has 8 heteroatoms. The molecule has 3 atom stereocenters. The zero-order valence-corrected chi connectivity index (χ0v) is 14.5. The van der Waals surface area contributed by atoms with Crippen LogP contribution in [-0.4, -0.2) is 56.8 Å². The van der Waals surface area contributed by atoms with Gasteiger partial charge in [-0.25, -0.2) is 9.89 Å². The first-order valence-electron chi connectivity index (χ1n) is 8.39. The Morgan fingerprint density at radius 1 is 1.32 bits per heavy atom. The van der Waals surface area contributed by atoms with Crippen LogP contribution in [0.5, 0.6) is 0 Å². The fraction of sp³-hybridized carbons (Fsp3) is 0.529. The van der Waals surface area contributed by atoms with Crippen LogP contribution in [0.4, 0.5) is 0 Å². The maximum Gasteiger partial charge on any atom is 0.365 e. The van der Waals surface area contributed by atoms with E-state index in [2.05, 4.69) is 29.4 Å². The number of carbonyl (C=O) groups excluding carboxylic acids is 1. The molecule has 0 bridgehead atoms. The molecule has 0 radical (unpaired) electrons. The monoisotopic (exact) mass is 343 g/mol. The molecule has 1 aromatic heterocycles. The molecule has 2 fully saturated rings. The number of amides is 1. The van der Waals surface area contributed by atoms with Crippen molar-refractivity contribution in [1.82, 2.24) is 25.1 Å². The third-order valence-electron chi connectivity index (χ3n) is 5.67. The third kappa shape index (κ3) is 2.24. The van der Waals surface area contributed by atoms with Gasteiger partial charge in [-0.05, 0) is 41.1 Å². The van der Waals surface area contributed by atoms with Gasteiger partial charge in [0.25, 0.3) is 5.91 Å². The molecule has 8 nitrogen and oxygen atoms in total. The molecule has 1 unspecified atom stereocenters. The summed E-state index contributed by atoms with van der Waals surface area (Å²) in [6, 6.07) is 7.07. The van der Waals surface area contributed by atoms with Crippen molar-refractivity contribution in [3.05, 3.63) is 40.3 Å². The lowest BCUT2D eigenvalue weighted by Crippen LogP contribution is -2.65. The van der Waals surface area contributed by atoms with Crippen molar-refractivity contribution in [2.24, 2.45) is 11.3 Å². The van der Waals surface area contributed by atoms with E-state index in [0.29, 0.717) is 17.2 Å². The molecule has 0 spiro atoms. The number of aromatic nitrogens is 4. The largest absolute Gasteiger partial charge is 0.380 e. The Labute approximate surface area is 144 Å². The number of hydrogen-bond donors (Lipinski definition) is 1. The Bertz CT molecular complexity index is 854. The van der Waals surface area contributed by atoms with Gasteiger partial charge in [0.1, 0.15) is 0 Å². The van der Waals surface area contributed by atoms with Crippen molar-refractivity contribution < 1.29 is 9.53 Å². The number of tetrazole rings is 1. The average molecular weight is 343 g/mol. The van der Waals surface area contributed by atoms with E-state index in [0.717, 1.165) is 17.6 Å². The highest BCUT2D eigenvalue weighted by molar-refractivity contribution is 5.95. The number of methoxy groups -OCH3 is 1. The molecule has 1 N–H and O–H groups in total. The number of fused-ring (bicyclic) bond motifs is 1. The second-order valence-corrected chi connectivity index (χ2v) is 7.34. The van der Waals surface area contributed by atoms with Crippen LogP contribution in [0.2, 0.25) is 0 Å². The first kappa shape index (κ1) is 16.0. The lowest BCUT2D eigenvalue weighted by Gasteiger charge is -2.56. The molecule has 1 saturated heterocycles. The number of ether oxygens (including phenoxy) is 1. The first-order valence-corrected chi connectivity index (χ1v) is 8.39. The average Bonchev–Trinajstić information content (AvgIpc) is 3.20. The summed E-state index contributed by atoms with van der Waals surface area (Å²) in [5.74, 6) is 0.436. The van der Waals surface area contributed by atoms with Crippen LogP contribution in [0.25, 0.3) is 5.69 Å². The molecule has 2 aliphatic rings. The Morgan fingerprint density at radius 3 is 2.64 bits per heavy atom. The van der Waals surface area contributed by atoms with Gasteiger partial charge in [-0.2, -0.15) is 4.68 Å². The summed E-state index contributed by atoms with van der Waals surface area (Å²) in [6.45, 7) is 5.07. The zero-order chi connectivity index (χ0) is 17.8. The summed E-state index contributed by atoms with van der Waals surface area (Å²) < 4.78 is 6.78. The van der Waals surface area contributed by atoms with Gasteiger partial charge < -0.3 is 9.64 Å². The summed E-state index contributed by atoms with van der Waals surface area (Å²) in [4.78, 5) is 26.5. The van der Waals surface area contributed by atoms with Crippen LogP contribution < -0.4 is 5.69 Å². The Kier molecular flexibility index (Phi) is 3.54. The van der Waals surface area contributed by atoms with Crippen molar-refractivity contribution >= 4 is 5.91 Å². The highest BCUT2D eigenvalue weighted by atomic mass is 16.5. The first-order chi connectivity index (χ1) is 11.9. The molecule has 1 saturated carbocycles. The van der Waals surface area contributed by atoms with Gasteiger partial charge in [0.15, 0.2) is 0 Å². The highest BCUT2D eigenvalue weighted by Crippen LogP contribution is 2.54. The lowest BCUT2D eigenvalue weighted by atomic mass is 9.57. The Balaban J connectivity index is 1.56.